The third-order valence-electron chi connectivity index (χ3n) is 7.25. The quantitative estimate of drug-likeness (QED) is 0.617. The van der Waals surface area contributed by atoms with Crippen LogP contribution in [0.2, 0.25) is 0 Å². The number of hydrogen-bond donors (Lipinski definition) is 0. The van der Waals surface area contributed by atoms with E-state index in [1.54, 1.807) is 17.0 Å². The Morgan fingerprint density at radius 1 is 1.12 bits per heavy atom. The first kappa shape index (κ1) is 24.3. The lowest BCUT2D eigenvalue weighted by Gasteiger charge is -2.54. The number of ether oxygens (including phenoxy) is 1. The third kappa shape index (κ3) is 3.89. The Balaban J connectivity index is 1.63. The molecule has 2 aliphatic heterocycles. The van der Waals surface area contributed by atoms with Crippen LogP contribution in [-0.2, 0) is 11.1 Å². The summed E-state index contributed by atoms with van der Waals surface area (Å²) in [6, 6.07) is 5.74. The third-order valence-corrected chi connectivity index (χ3v) is 7.25. The Hall–Kier alpha value is -2.81. The van der Waals surface area contributed by atoms with Crippen LogP contribution >= 0.6 is 0 Å². The number of piperidine rings is 1. The smallest absolute Gasteiger partial charge is 0.307 e. The predicted molar refractivity (Wildman–Crippen MR) is 121 cm³/mol. The zero-order valence-electron chi connectivity index (χ0n) is 20.1. The summed E-state index contributed by atoms with van der Waals surface area (Å²) in [4.78, 5) is 29.2. The van der Waals surface area contributed by atoms with E-state index in [9.17, 15) is 22.8 Å². The highest BCUT2D eigenvalue weighted by molar-refractivity contribution is 6.01. The number of carbonyl (C=O) groups is 2. The maximum Gasteiger partial charge on any atom is 0.307 e. The molecule has 0 saturated carbocycles. The fraction of sp³-hybridized carbons (Fsp3) is 0.520. The summed E-state index contributed by atoms with van der Waals surface area (Å²) in [5, 5.41) is 0. The van der Waals surface area contributed by atoms with Crippen LogP contribution in [0.15, 0.2) is 30.5 Å². The number of alkyl halides is 2. The summed E-state index contributed by atoms with van der Waals surface area (Å²) < 4.78 is 49.0. The molecule has 0 bridgehead atoms. The van der Waals surface area contributed by atoms with Crippen LogP contribution in [0.5, 0.6) is 5.75 Å². The predicted octanol–water partition coefficient (Wildman–Crippen LogP) is 4.29. The fourth-order valence-electron chi connectivity index (χ4n) is 5.39. The van der Waals surface area contributed by atoms with Crippen molar-refractivity contribution in [1.82, 2.24) is 14.4 Å². The van der Waals surface area contributed by atoms with Gasteiger partial charge in [-0.05, 0) is 51.9 Å². The molecule has 34 heavy (non-hydrogen) atoms. The molecular weight excluding hydrogens is 447 g/mol. The number of benzene rings is 1. The number of methoxy groups -OCH3 is 1. The van der Waals surface area contributed by atoms with Gasteiger partial charge in [0.25, 0.3) is 5.91 Å². The summed E-state index contributed by atoms with van der Waals surface area (Å²) >= 11 is 0. The number of aromatic nitrogens is 1. The molecule has 1 amide bonds. The molecule has 6 nitrogen and oxygen atoms in total. The van der Waals surface area contributed by atoms with Crippen molar-refractivity contribution in [3.05, 3.63) is 53.1 Å². The molecule has 0 unspecified atom stereocenters. The Labute approximate surface area is 197 Å². The SMILES string of the molecule is COc1ccc(C(=O)N2CCC3(CC2)c2cc(C(=O)C(C)(F)F)cn2C(C)(C)CN3C)c(F)c1. The zero-order chi connectivity index (χ0) is 25.1. The van der Waals surface area contributed by atoms with Gasteiger partial charge in [0.2, 0.25) is 5.78 Å². The number of Topliss-reactive ketones (excluding diaryl/α,β-unsaturated/α-hetero) is 1. The van der Waals surface area contributed by atoms with Crippen molar-refractivity contribution in [2.45, 2.75) is 50.6 Å². The minimum absolute atomic E-state index is 0.0101. The molecule has 1 fully saturated rings. The highest BCUT2D eigenvalue weighted by atomic mass is 19.3. The van der Waals surface area contributed by atoms with Gasteiger partial charge in [0.15, 0.2) is 0 Å². The van der Waals surface area contributed by atoms with Crippen LogP contribution in [0.25, 0.3) is 0 Å². The number of hydrogen-bond acceptors (Lipinski definition) is 4. The van der Waals surface area contributed by atoms with E-state index in [4.69, 9.17) is 4.74 Å². The number of halogens is 3. The van der Waals surface area contributed by atoms with Gasteiger partial charge in [-0.1, -0.05) is 0 Å². The van der Waals surface area contributed by atoms with E-state index in [1.165, 1.54) is 25.4 Å². The molecule has 0 aliphatic carbocycles. The summed E-state index contributed by atoms with van der Waals surface area (Å²) in [6.45, 7) is 6.00. The average Bonchev–Trinajstić information content (AvgIpc) is 3.23. The maximum absolute atomic E-state index is 14.5. The molecule has 1 saturated heterocycles. The summed E-state index contributed by atoms with van der Waals surface area (Å²) in [6.07, 6.45) is 2.60. The van der Waals surface area contributed by atoms with Crippen LogP contribution in [0, 0.1) is 5.82 Å². The monoisotopic (exact) mass is 477 g/mol. The first-order valence-electron chi connectivity index (χ1n) is 11.3. The number of likely N-dealkylation sites (N-methyl/N-ethyl adjacent to an activating group) is 1. The number of nitrogens with zero attached hydrogens (tertiary/aromatic N) is 3. The lowest BCUT2D eigenvalue weighted by Crippen LogP contribution is -2.60. The second-order valence-corrected chi connectivity index (χ2v) is 10.0. The Kier molecular flexibility index (Phi) is 5.83. The molecule has 4 rings (SSSR count). The summed E-state index contributed by atoms with van der Waals surface area (Å²) in [7, 11) is 3.41. The van der Waals surface area contributed by atoms with Crippen molar-refractivity contribution in [3.8, 4) is 5.75 Å². The molecule has 2 aliphatic rings. The largest absolute Gasteiger partial charge is 0.497 e. The molecule has 184 valence electrons. The second-order valence-electron chi connectivity index (χ2n) is 10.0. The minimum atomic E-state index is -3.46. The van der Waals surface area contributed by atoms with Gasteiger partial charge in [-0.25, -0.2) is 4.39 Å². The van der Waals surface area contributed by atoms with Gasteiger partial charge in [0.1, 0.15) is 11.6 Å². The van der Waals surface area contributed by atoms with Gasteiger partial charge in [-0.2, -0.15) is 8.78 Å². The number of rotatable bonds is 4. The van der Waals surface area contributed by atoms with Gasteiger partial charge >= 0.3 is 5.92 Å². The number of likely N-dealkylation sites (tertiary alicyclic amines) is 1. The van der Waals surface area contributed by atoms with Crippen LogP contribution in [0.4, 0.5) is 13.2 Å². The van der Waals surface area contributed by atoms with Crippen LogP contribution < -0.4 is 4.74 Å². The molecule has 3 heterocycles. The van der Waals surface area contributed by atoms with E-state index in [0.717, 1.165) is 5.69 Å². The molecular formula is C25H30F3N3O3. The van der Waals surface area contributed by atoms with E-state index in [1.807, 2.05) is 25.5 Å². The van der Waals surface area contributed by atoms with E-state index in [2.05, 4.69) is 4.90 Å². The van der Waals surface area contributed by atoms with Gasteiger partial charge in [-0.15, -0.1) is 0 Å². The van der Waals surface area contributed by atoms with Crippen LogP contribution in [0.1, 0.15) is 60.0 Å². The van der Waals surface area contributed by atoms with Crippen LogP contribution in [0.3, 0.4) is 0 Å². The first-order valence-corrected chi connectivity index (χ1v) is 11.3. The molecule has 0 atom stereocenters. The zero-order valence-corrected chi connectivity index (χ0v) is 20.1. The van der Waals surface area contributed by atoms with Crippen molar-refractivity contribution in [1.29, 1.82) is 0 Å². The summed E-state index contributed by atoms with van der Waals surface area (Å²) in [5.74, 6) is -5.37. The van der Waals surface area contributed by atoms with Gasteiger partial charge in [0, 0.05) is 50.1 Å². The molecule has 0 radical (unpaired) electrons. The van der Waals surface area contributed by atoms with Gasteiger partial charge in [0.05, 0.1) is 23.8 Å². The standard InChI is InChI=1S/C25H30F3N3O3/c1-23(2)15-29(4)25(20-12-16(14-31(20)23)21(32)24(3,27)28)8-10-30(11-9-25)22(33)18-7-6-17(34-5)13-19(18)26/h6-7,12-14H,8-11,15H2,1-5H3. The molecule has 9 heteroatoms. The molecule has 1 aromatic heterocycles. The molecule has 2 aromatic rings. The minimum Gasteiger partial charge on any atom is -0.497 e. The van der Waals surface area contributed by atoms with Crippen molar-refractivity contribution in [2.24, 2.45) is 0 Å². The van der Waals surface area contributed by atoms with Gasteiger partial charge < -0.3 is 14.2 Å². The van der Waals surface area contributed by atoms with Crippen molar-refractivity contribution in [2.75, 3.05) is 33.8 Å². The van der Waals surface area contributed by atoms with Crippen molar-refractivity contribution in [3.63, 3.8) is 0 Å². The van der Waals surface area contributed by atoms with E-state index < -0.39 is 34.5 Å². The molecule has 0 N–H and O–H groups in total. The van der Waals surface area contributed by atoms with E-state index >= 15 is 0 Å². The normalized spacial score (nSPS) is 19.7. The molecule has 1 spiro atoms. The average molecular weight is 478 g/mol. The van der Waals surface area contributed by atoms with E-state index in [-0.39, 0.29) is 11.1 Å². The van der Waals surface area contributed by atoms with Crippen LogP contribution in [-0.4, -0.2) is 65.8 Å². The Bertz CT molecular complexity index is 1130. The number of ketones is 1. The second kappa shape index (κ2) is 8.15. The van der Waals surface area contributed by atoms with Gasteiger partial charge in [-0.3, -0.25) is 14.5 Å². The number of carbonyl (C=O) groups excluding carboxylic acids is 2. The number of fused-ring (bicyclic) bond motifs is 2. The lowest BCUT2D eigenvalue weighted by molar-refractivity contribution is -0.0141. The fourth-order valence-corrected chi connectivity index (χ4v) is 5.39. The summed E-state index contributed by atoms with van der Waals surface area (Å²) in [5.41, 5.74) is -0.162. The highest BCUT2D eigenvalue weighted by Crippen LogP contribution is 2.46. The molecule has 1 aromatic carbocycles. The number of amides is 1. The first-order chi connectivity index (χ1) is 15.8. The Morgan fingerprint density at radius 2 is 1.76 bits per heavy atom. The lowest BCUT2D eigenvalue weighted by atomic mass is 9.78. The van der Waals surface area contributed by atoms with Crippen molar-refractivity contribution >= 4 is 11.7 Å². The highest BCUT2D eigenvalue weighted by Gasteiger charge is 2.50. The van der Waals surface area contributed by atoms with Crippen molar-refractivity contribution < 1.29 is 27.5 Å². The Morgan fingerprint density at radius 3 is 2.32 bits per heavy atom. The van der Waals surface area contributed by atoms with E-state index in [0.29, 0.717) is 45.1 Å². The topological polar surface area (TPSA) is 54.8 Å². The maximum atomic E-state index is 14.5.